The molecule has 1 N–H and O–H groups in total. The summed E-state index contributed by atoms with van der Waals surface area (Å²) in [5.41, 5.74) is 0.842. The Labute approximate surface area is 90.1 Å². The van der Waals surface area contributed by atoms with Crippen molar-refractivity contribution >= 4 is 0 Å². The molecule has 1 rings (SSSR count). The molecule has 0 spiro atoms. The van der Waals surface area contributed by atoms with Crippen molar-refractivity contribution in [3.05, 3.63) is 17.5 Å². The number of nitrogens with zero attached hydrogens (tertiary/aromatic N) is 2. The molecule has 1 aromatic rings. The minimum absolute atomic E-state index is 0.263. The van der Waals surface area contributed by atoms with Crippen LogP contribution < -0.4 is 4.74 Å². The average Bonchev–Trinajstić information content (AvgIpc) is 2.16. The summed E-state index contributed by atoms with van der Waals surface area (Å²) in [4.78, 5) is 7.27. The fraction of sp³-hybridized carbons (Fsp3) is 0.556. The molecule has 7 heteroatoms. The monoisotopic (exact) mass is 236 g/mol. The topological polar surface area (TPSA) is 55.2 Å². The summed E-state index contributed by atoms with van der Waals surface area (Å²) in [6.07, 6.45) is -5.18. The van der Waals surface area contributed by atoms with Crippen molar-refractivity contribution in [2.45, 2.75) is 32.7 Å². The zero-order valence-electron chi connectivity index (χ0n) is 8.75. The van der Waals surface area contributed by atoms with Crippen LogP contribution in [0.4, 0.5) is 13.2 Å². The number of alkyl halides is 3. The molecule has 1 unspecified atom stereocenters. The first-order valence-electron chi connectivity index (χ1n) is 4.51. The normalized spacial score (nSPS) is 13.6. The predicted molar refractivity (Wildman–Crippen MR) is 48.8 cm³/mol. The lowest BCUT2D eigenvalue weighted by atomic mass is 10.3. The molecule has 0 aliphatic carbocycles. The first kappa shape index (κ1) is 12.7. The minimum Gasteiger partial charge on any atom is -0.451 e. The van der Waals surface area contributed by atoms with Crippen LogP contribution in [0.3, 0.4) is 0 Å². The van der Waals surface area contributed by atoms with Crippen molar-refractivity contribution < 1.29 is 23.0 Å². The summed E-state index contributed by atoms with van der Waals surface area (Å²) < 4.78 is 41.0. The van der Waals surface area contributed by atoms with Crippen LogP contribution in [-0.2, 0) is 6.61 Å². The van der Waals surface area contributed by atoms with E-state index in [0.717, 1.165) is 6.92 Å². The van der Waals surface area contributed by atoms with Crippen LogP contribution in [0.2, 0.25) is 0 Å². The number of aliphatic hydroxyl groups is 1. The van der Waals surface area contributed by atoms with E-state index in [-0.39, 0.29) is 12.6 Å². The first-order valence-corrected chi connectivity index (χ1v) is 4.51. The van der Waals surface area contributed by atoms with Crippen LogP contribution in [0.5, 0.6) is 6.01 Å². The Morgan fingerprint density at radius 2 is 2.12 bits per heavy atom. The molecule has 1 aromatic heterocycles. The van der Waals surface area contributed by atoms with E-state index >= 15 is 0 Å². The number of hydrogen-bond acceptors (Lipinski definition) is 4. The maximum atomic E-state index is 12.2. The smallest absolute Gasteiger partial charge is 0.425 e. The molecule has 1 heterocycles. The fourth-order valence-corrected chi connectivity index (χ4v) is 0.908. The Balaban J connectivity index is 2.79. The summed E-state index contributed by atoms with van der Waals surface area (Å²) >= 11 is 0. The van der Waals surface area contributed by atoms with E-state index in [4.69, 9.17) is 5.11 Å². The van der Waals surface area contributed by atoms with Crippen LogP contribution in [0.1, 0.15) is 18.2 Å². The van der Waals surface area contributed by atoms with Gasteiger partial charge in [0.15, 0.2) is 6.10 Å². The summed E-state index contributed by atoms with van der Waals surface area (Å²) in [5.74, 6) is 0. The van der Waals surface area contributed by atoms with Gasteiger partial charge < -0.3 is 9.84 Å². The average molecular weight is 236 g/mol. The molecule has 0 aromatic carbocycles. The molecule has 90 valence electrons. The van der Waals surface area contributed by atoms with Gasteiger partial charge in [-0.25, -0.2) is 9.97 Å². The highest BCUT2D eigenvalue weighted by molar-refractivity contribution is 5.16. The number of halogens is 3. The van der Waals surface area contributed by atoms with Gasteiger partial charge in [-0.15, -0.1) is 0 Å². The molecule has 0 bridgehead atoms. The number of aryl methyl sites for hydroxylation is 1. The highest BCUT2D eigenvalue weighted by Gasteiger charge is 2.38. The highest BCUT2D eigenvalue weighted by atomic mass is 19.4. The van der Waals surface area contributed by atoms with Crippen molar-refractivity contribution in [2.75, 3.05) is 0 Å². The van der Waals surface area contributed by atoms with Gasteiger partial charge in [-0.1, -0.05) is 0 Å². The molecule has 1 atom stereocenters. The lowest BCUT2D eigenvalue weighted by Crippen LogP contribution is -2.31. The third-order valence-corrected chi connectivity index (χ3v) is 1.97. The highest BCUT2D eigenvalue weighted by Crippen LogP contribution is 2.23. The van der Waals surface area contributed by atoms with Gasteiger partial charge in [0.25, 0.3) is 0 Å². The van der Waals surface area contributed by atoms with Gasteiger partial charge in [0.2, 0.25) is 0 Å². The second kappa shape index (κ2) is 4.65. The molecule has 4 nitrogen and oxygen atoms in total. The molecule has 0 fully saturated rings. The van der Waals surface area contributed by atoms with E-state index in [0.29, 0.717) is 11.3 Å². The van der Waals surface area contributed by atoms with Gasteiger partial charge in [0.05, 0.1) is 12.3 Å². The lowest BCUT2D eigenvalue weighted by Gasteiger charge is -2.16. The van der Waals surface area contributed by atoms with Crippen LogP contribution in [-0.4, -0.2) is 27.4 Å². The SMILES string of the molecule is Cc1nc(OC(C)C(F)(F)F)ncc1CO. The molecule has 0 amide bonds. The molecule has 16 heavy (non-hydrogen) atoms. The van der Waals surface area contributed by atoms with Crippen molar-refractivity contribution in [1.29, 1.82) is 0 Å². The van der Waals surface area contributed by atoms with Crippen LogP contribution in [0.15, 0.2) is 6.20 Å². The van der Waals surface area contributed by atoms with E-state index in [1.165, 1.54) is 6.20 Å². The van der Waals surface area contributed by atoms with E-state index in [2.05, 4.69) is 14.7 Å². The Hall–Kier alpha value is -1.37. The maximum Gasteiger partial charge on any atom is 0.425 e. The number of hydrogen-bond donors (Lipinski definition) is 1. The van der Waals surface area contributed by atoms with Gasteiger partial charge in [0, 0.05) is 11.8 Å². The molecule has 0 saturated carbocycles. The van der Waals surface area contributed by atoms with Gasteiger partial charge >= 0.3 is 12.2 Å². The van der Waals surface area contributed by atoms with Gasteiger partial charge in [-0.2, -0.15) is 13.2 Å². The summed E-state index contributed by atoms with van der Waals surface area (Å²) in [6.45, 7) is 2.16. The summed E-state index contributed by atoms with van der Waals surface area (Å²) in [7, 11) is 0. The number of aromatic nitrogens is 2. The quantitative estimate of drug-likeness (QED) is 0.866. The van der Waals surface area contributed by atoms with Crippen LogP contribution in [0, 0.1) is 6.92 Å². The Bertz CT molecular complexity index is 368. The van der Waals surface area contributed by atoms with E-state index in [1.54, 1.807) is 6.92 Å². The largest absolute Gasteiger partial charge is 0.451 e. The lowest BCUT2D eigenvalue weighted by molar-refractivity contribution is -0.190. The summed E-state index contributed by atoms with van der Waals surface area (Å²) in [5, 5.41) is 8.82. The molecular formula is C9H11F3N2O2. The first-order chi connectivity index (χ1) is 7.34. The molecular weight excluding hydrogens is 225 g/mol. The maximum absolute atomic E-state index is 12.2. The van der Waals surface area contributed by atoms with Gasteiger partial charge in [0.1, 0.15) is 0 Å². The fourth-order valence-electron chi connectivity index (χ4n) is 0.908. The molecule has 0 aliphatic heterocycles. The molecule has 0 saturated heterocycles. The minimum atomic E-state index is -4.45. The van der Waals surface area contributed by atoms with Crippen molar-refractivity contribution in [3.63, 3.8) is 0 Å². The zero-order valence-corrected chi connectivity index (χ0v) is 8.75. The Morgan fingerprint density at radius 3 is 2.56 bits per heavy atom. The Morgan fingerprint density at radius 1 is 1.50 bits per heavy atom. The molecule has 0 radical (unpaired) electrons. The second-order valence-electron chi connectivity index (χ2n) is 3.22. The van der Waals surface area contributed by atoms with Crippen LogP contribution >= 0.6 is 0 Å². The van der Waals surface area contributed by atoms with Crippen molar-refractivity contribution in [3.8, 4) is 6.01 Å². The Kier molecular flexibility index (Phi) is 3.69. The van der Waals surface area contributed by atoms with Crippen LogP contribution in [0.25, 0.3) is 0 Å². The molecule has 0 aliphatic rings. The third-order valence-electron chi connectivity index (χ3n) is 1.97. The number of rotatable bonds is 3. The van der Waals surface area contributed by atoms with E-state index < -0.39 is 12.3 Å². The summed E-state index contributed by atoms with van der Waals surface area (Å²) in [6, 6.07) is -0.348. The number of ether oxygens (including phenoxy) is 1. The van der Waals surface area contributed by atoms with E-state index in [9.17, 15) is 13.2 Å². The number of aliphatic hydroxyl groups excluding tert-OH is 1. The standard InChI is InChI=1S/C9H11F3N2O2/c1-5-7(4-15)3-13-8(14-5)16-6(2)9(10,11)12/h3,6,15H,4H2,1-2H3. The zero-order chi connectivity index (χ0) is 12.3. The van der Waals surface area contributed by atoms with E-state index in [1.807, 2.05) is 0 Å². The van der Waals surface area contributed by atoms with Gasteiger partial charge in [-0.05, 0) is 13.8 Å². The second-order valence-corrected chi connectivity index (χ2v) is 3.22. The van der Waals surface area contributed by atoms with Gasteiger partial charge in [-0.3, -0.25) is 0 Å². The third kappa shape index (κ3) is 3.06. The van der Waals surface area contributed by atoms with Crippen molar-refractivity contribution in [1.82, 2.24) is 9.97 Å². The predicted octanol–water partition coefficient (Wildman–Crippen LogP) is 1.61. The van der Waals surface area contributed by atoms with Crippen molar-refractivity contribution in [2.24, 2.45) is 0 Å².